The van der Waals surface area contributed by atoms with Crippen LogP contribution in [0.25, 0.3) is 10.9 Å². The van der Waals surface area contributed by atoms with Gasteiger partial charge in [-0.2, -0.15) is 5.26 Å². The Morgan fingerprint density at radius 3 is 2.70 bits per heavy atom. The number of fused-ring (bicyclic) bond motifs is 1. The maximum Gasteiger partial charge on any atom is 0.150 e. The molecule has 2 rings (SSSR count). The molecule has 1 aromatic heterocycles. The van der Waals surface area contributed by atoms with E-state index in [1.165, 1.54) is 32.1 Å². The monoisotopic (exact) mass is 326 g/mol. The van der Waals surface area contributed by atoms with Gasteiger partial charge in [0.05, 0.1) is 11.1 Å². The van der Waals surface area contributed by atoms with E-state index >= 15 is 0 Å². The van der Waals surface area contributed by atoms with Crippen molar-refractivity contribution in [2.75, 3.05) is 5.75 Å². The molecule has 0 saturated heterocycles. The van der Waals surface area contributed by atoms with Crippen LogP contribution in [0.15, 0.2) is 29.3 Å². The number of aldehydes is 1. The van der Waals surface area contributed by atoms with Crippen molar-refractivity contribution < 1.29 is 4.79 Å². The molecule has 0 aliphatic rings. The van der Waals surface area contributed by atoms with E-state index in [1.54, 1.807) is 23.9 Å². The average molecular weight is 326 g/mol. The third-order valence-corrected chi connectivity index (χ3v) is 4.87. The molecular formula is C19H22N2OS. The van der Waals surface area contributed by atoms with Gasteiger partial charge in [-0.3, -0.25) is 4.79 Å². The number of thioether (sulfide) groups is 1. The van der Waals surface area contributed by atoms with Crippen LogP contribution in [0, 0.1) is 11.3 Å². The van der Waals surface area contributed by atoms with Gasteiger partial charge in [-0.1, -0.05) is 39.0 Å². The highest BCUT2D eigenvalue weighted by Gasteiger charge is 2.08. The Balaban J connectivity index is 1.99. The third kappa shape index (κ3) is 5.07. The largest absolute Gasteiger partial charge is 0.298 e. The van der Waals surface area contributed by atoms with E-state index in [-0.39, 0.29) is 0 Å². The van der Waals surface area contributed by atoms with E-state index < -0.39 is 0 Å². The number of carbonyl (C=O) groups excluding carboxylic acids is 1. The van der Waals surface area contributed by atoms with Crippen LogP contribution in [0.2, 0.25) is 0 Å². The standard InChI is InChI=1S/C19H22N2OS/c1-2-3-4-5-6-7-10-23-19-17(13-20)12-16-11-15(14-22)8-9-18(16)21-19/h8-9,11-12,14H,2-7,10H2,1H3. The third-order valence-electron chi connectivity index (χ3n) is 3.80. The highest BCUT2D eigenvalue weighted by molar-refractivity contribution is 7.99. The van der Waals surface area contributed by atoms with Crippen LogP contribution in [0.4, 0.5) is 0 Å². The van der Waals surface area contributed by atoms with E-state index in [4.69, 9.17) is 0 Å². The van der Waals surface area contributed by atoms with Crippen molar-refractivity contribution in [1.29, 1.82) is 5.26 Å². The van der Waals surface area contributed by atoms with Crippen molar-refractivity contribution in [3.8, 4) is 6.07 Å². The molecule has 1 aromatic carbocycles. The van der Waals surface area contributed by atoms with Gasteiger partial charge in [0.1, 0.15) is 17.4 Å². The zero-order valence-corrected chi connectivity index (χ0v) is 14.4. The topological polar surface area (TPSA) is 53.8 Å². The minimum absolute atomic E-state index is 0.594. The zero-order valence-electron chi connectivity index (χ0n) is 13.5. The van der Waals surface area contributed by atoms with E-state index in [0.29, 0.717) is 11.1 Å². The second-order valence-corrected chi connectivity index (χ2v) is 6.72. The van der Waals surface area contributed by atoms with Crippen LogP contribution < -0.4 is 0 Å². The number of pyridine rings is 1. The molecule has 1 heterocycles. The lowest BCUT2D eigenvalue weighted by Gasteiger charge is -2.06. The van der Waals surface area contributed by atoms with E-state index in [2.05, 4.69) is 18.0 Å². The van der Waals surface area contributed by atoms with Crippen LogP contribution in [0.1, 0.15) is 61.4 Å². The van der Waals surface area contributed by atoms with Gasteiger partial charge < -0.3 is 0 Å². The Hall–Kier alpha value is -1.86. The summed E-state index contributed by atoms with van der Waals surface area (Å²) in [6, 6.07) is 9.43. The molecule has 0 unspecified atom stereocenters. The Morgan fingerprint density at radius 1 is 1.17 bits per heavy atom. The molecule has 0 bridgehead atoms. The molecule has 0 saturated carbocycles. The van der Waals surface area contributed by atoms with Crippen molar-refractivity contribution in [1.82, 2.24) is 4.98 Å². The van der Waals surface area contributed by atoms with Crippen molar-refractivity contribution in [2.45, 2.75) is 50.5 Å². The van der Waals surface area contributed by atoms with E-state index in [9.17, 15) is 10.1 Å². The van der Waals surface area contributed by atoms with Gasteiger partial charge in [0.2, 0.25) is 0 Å². The zero-order chi connectivity index (χ0) is 16.5. The van der Waals surface area contributed by atoms with E-state index in [0.717, 1.165) is 34.4 Å². The summed E-state index contributed by atoms with van der Waals surface area (Å²) in [5, 5.41) is 11.0. The predicted molar refractivity (Wildman–Crippen MR) is 95.9 cm³/mol. The summed E-state index contributed by atoms with van der Waals surface area (Å²) in [6.07, 6.45) is 8.41. The molecule has 0 fully saturated rings. The van der Waals surface area contributed by atoms with Gasteiger partial charge in [-0.05, 0) is 36.4 Å². The first-order valence-corrected chi connectivity index (χ1v) is 9.20. The first-order chi connectivity index (χ1) is 11.3. The SMILES string of the molecule is CCCCCCCCSc1nc2ccc(C=O)cc2cc1C#N. The summed E-state index contributed by atoms with van der Waals surface area (Å²) in [6.45, 7) is 2.22. The molecule has 4 heteroatoms. The van der Waals surface area contributed by atoms with Gasteiger partial charge in [0.25, 0.3) is 0 Å². The quantitative estimate of drug-likeness (QED) is 0.353. The molecule has 0 aliphatic heterocycles. The number of hydrogen-bond donors (Lipinski definition) is 0. The summed E-state index contributed by atoms with van der Waals surface area (Å²) >= 11 is 1.66. The number of rotatable bonds is 9. The normalized spacial score (nSPS) is 10.6. The summed E-state index contributed by atoms with van der Waals surface area (Å²) in [7, 11) is 0. The van der Waals surface area contributed by atoms with Crippen molar-refractivity contribution in [3.05, 3.63) is 35.4 Å². The molecule has 3 nitrogen and oxygen atoms in total. The number of hydrogen-bond acceptors (Lipinski definition) is 4. The minimum Gasteiger partial charge on any atom is -0.298 e. The number of nitriles is 1. The summed E-state index contributed by atoms with van der Waals surface area (Å²) in [4.78, 5) is 15.4. The van der Waals surface area contributed by atoms with Gasteiger partial charge >= 0.3 is 0 Å². The highest BCUT2D eigenvalue weighted by Crippen LogP contribution is 2.26. The second kappa shape index (κ2) is 9.32. The lowest BCUT2D eigenvalue weighted by atomic mass is 10.1. The first-order valence-electron chi connectivity index (χ1n) is 8.21. The molecule has 0 aliphatic carbocycles. The highest BCUT2D eigenvalue weighted by atomic mass is 32.2. The Kier molecular flexibility index (Phi) is 7.09. The molecule has 23 heavy (non-hydrogen) atoms. The molecule has 0 N–H and O–H groups in total. The molecule has 0 atom stereocenters. The van der Waals surface area contributed by atoms with Gasteiger partial charge in [-0.25, -0.2) is 4.98 Å². The molecule has 2 aromatic rings. The van der Waals surface area contributed by atoms with Crippen LogP contribution in [-0.2, 0) is 0 Å². The molecule has 0 radical (unpaired) electrons. The van der Waals surface area contributed by atoms with Crippen LogP contribution in [-0.4, -0.2) is 17.0 Å². The number of carbonyl (C=O) groups is 1. The maximum atomic E-state index is 10.9. The average Bonchev–Trinajstić information content (AvgIpc) is 2.59. The number of aromatic nitrogens is 1. The van der Waals surface area contributed by atoms with Gasteiger partial charge in [-0.15, -0.1) is 11.8 Å². The fourth-order valence-electron chi connectivity index (χ4n) is 2.49. The number of nitrogens with zero attached hydrogens (tertiary/aromatic N) is 2. The molecule has 0 spiro atoms. The molecular weight excluding hydrogens is 304 g/mol. The lowest BCUT2D eigenvalue weighted by Crippen LogP contribution is -1.92. The van der Waals surface area contributed by atoms with Crippen molar-refractivity contribution in [2.24, 2.45) is 0 Å². The van der Waals surface area contributed by atoms with Crippen molar-refractivity contribution in [3.63, 3.8) is 0 Å². The fourth-order valence-corrected chi connectivity index (χ4v) is 3.46. The fraction of sp³-hybridized carbons (Fsp3) is 0.421. The smallest absolute Gasteiger partial charge is 0.150 e. The predicted octanol–water partition coefficient (Wildman–Crippen LogP) is 5.37. The number of benzene rings is 1. The lowest BCUT2D eigenvalue weighted by molar-refractivity contribution is 0.112. The van der Waals surface area contributed by atoms with E-state index in [1.807, 2.05) is 12.1 Å². The second-order valence-electron chi connectivity index (χ2n) is 5.64. The first kappa shape index (κ1) is 17.5. The Bertz CT molecular complexity index is 706. The molecule has 120 valence electrons. The van der Waals surface area contributed by atoms with Gasteiger partial charge in [0, 0.05) is 10.9 Å². The van der Waals surface area contributed by atoms with Crippen molar-refractivity contribution >= 4 is 29.0 Å². The van der Waals surface area contributed by atoms with Crippen LogP contribution >= 0.6 is 11.8 Å². The van der Waals surface area contributed by atoms with Gasteiger partial charge in [0.15, 0.2) is 0 Å². The van der Waals surface area contributed by atoms with Crippen LogP contribution in [0.5, 0.6) is 0 Å². The Morgan fingerprint density at radius 2 is 1.96 bits per heavy atom. The maximum absolute atomic E-state index is 10.9. The summed E-state index contributed by atoms with van der Waals surface area (Å²) in [5.41, 5.74) is 2.03. The minimum atomic E-state index is 0.594. The number of unbranched alkanes of at least 4 members (excludes halogenated alkanes) is 5. The van der Waals surface area contributed by atoms with Crippen LogP contribution in [0.3, 0.4) is 0 Å². The summed E-state index contributed by atoms with van der Waals surface area (Å²) < 4.78 is 0. The Labute approximate surface area is 142 Å². The molecule has 0 amide bonds. The summed E-state index contributed by atoms with van der Waals surface area (Å²) in [5.74, 6) is 0.992.